The lowest BCUT2D eigenvalue weighted by atomic mass is 9.87. The lowest BCUT2D eigenvalue weighted by molar-refractivity contribution is 0.945. The molecule has 12 aromatic rings. The van der Waals surface area contributed by atoms with Gasteiger partial charge in [0.05, 0.1) is 0 Å². The third kappa shape index (κ3) is 8.22. The van der Waals surface area contributed by atoms with Gasteiger partial charge in [-0.15, -0.1) is 0 Å². The van der Waals surface area contributed by atoms with Crippen molar-refractivity contribution in [3.63, 3.8) is 0 Å². The van der Waals surface area contributed by atoms with Crippen LogP contribution in [-0.4, -0.2) is 0 Å². The van der Waals surface area contributed by atoms with Crippen LogP contribution in [0, 0.1) is 0 Å². The van der Waals surface area contributed by atoms with Gasteiger partial charge in [0.2, 0.25) is 0 Å². The number of hydrogen-bond donors (Lipinski definition) is 0. The highest BCUT2D eigenvalue weighted by molar-refractivity contribution is 6.01. The first kappa shape index (κ1) is 42.9. The number of fused-ring (bicyclic) bond motifs is 6. The summed E-state index contributed by atoms with van der Waals surface area (Å²) in [6, 6.07) is 89.9. The van der Waals surface area contributed by atoms with Crippen LogP contribution in [0.15, 0.2) is 243 Å². The molecule has 0 heterocycles. The second kappa shape index (κ2) is 18.6. The van der Waals surface area contributed by atoms with Gasteiger partial charge in [-0.25, -0.2) is 0 Å². The molecular formula is C68H54N2. The predicted molar refractivity (Wildman–Crippen MR) is 304 cm³/mol. The van der Waals surface area contributed by atoms with Gasteiger partial charge >= 0.3 is 0 Å². The minimum Gasteiger partial charge on any atom is -0.310 e. The smallest absolute Gasteiger partial charge is 0.0468 e. The van der Waals surface area contributed by atoms with Crippen molar-refractivity contribution in [2.24, 2.45) is 0 Å². The van der Waals surface area contributed by atoms with Crippen molar-refractivity contribution in [3.05, 3.63) is 254 Å². The Morgan fingerprint density at radius 1 is 0.243 bits per heavy atom. The van der Waals surface area contributed by atoms with Gasteiger partial charge in [-0.2, -0.15) is 0 Å². The van der Waals surface area contributed by atoms with Crippen molar-refractivity contribution in [2.45, 2.75) is 39.5 Å². The van der Waals surface area contributed by atoms with E-state index in [2.05, 4.69) is 266 Å². The maximum absolute atomic E-state index is 2.43. The van der Waals surface area contributed by atoms with E-state index in [-0.39, 0.29) is 0 Å². The van der Waals surface area contributed by atoms with Gasteiger partial charge in [-0.05, 0) is 185 Å². The number of allylic oxidation sites excluding steroid dienone is 2. The number of rotatable bonds is 12. The van der Waals surface area contributed by atoms with Crippen molar-refractivity contribution in [3.8, 4) is 0 Å². The minimum absolute atomic E-state index is 1.01. The number of hydrogen-bond acceptors (Lipinski definition) is 2. The van der Waals surface area contributed by atoms with Crippen LogP contribution in [0.5, 0.6) is 0 Å². The Morgan fingerprint density at radius 2 is 0.457 bits per heavy atom. The van der Waals surface area contributed by atoms with Crippen molar-refractivity contribution in [2.75, 3.05) is 9.80 Å². The Kier molecular flexibility index (Phi) is 11.4. The third-order valence-electron chi connectivity index (χ3n) is 14.2. The molecule has 0 saturated heterocycles. The van der Waals surface area contributed by atoms with Gasteiger partial charge < -0.3 is 9.80 Å². The lowest BCUT2D eigenvalue weighted by Gasteiger charge is -2.27. The summed E-state index contributed by atoms with van der Waals surface area (Å²) in [6.45, 7) is 4.62. The Morgan fingerprint density at radius 3 is 0.729 bits per heavy atom. The van der Waals surface area contributed by atoms with Crippen molar-refractivity contribution in [1.29, 1.82) is 0 Å². The van der Waals surface area contributed by atoms with Crippen LogP contribution in [0.25, 0.3) is 75.8 Å². The van der Waals surface area contributed by atoms with Crippen LogP contribution < -0.4 is 9.80 Å². The van der Waals surface area contributed by atoms with Crippen molar-refractivity contribution in [1.82, 2.24) is 0 Å². The number of benzene rings is 12. The third-order valence-corrected chi connectivity index (χ3v) is 14.2. The maximum atomic E-state index is 2.43. The van der Waals surface area contributed by atoms with Crippen LogP contribution in [0.4, 0.5) is 34.1 Å². The SMILES string of the molecule is CCCC(=C(CCC)c1ccc2cc(N(c3ccc4ccccc4c3)c3ccc4ccccc4c3)ccc2c1)c1ccc2cc(N(c3ccc4ccccc4c3)c3ccc4ccccc4c3)ccc2c1. The lowest BCUT2D eigenvalue weighted by Crippen LogP contribution is -2.10. The highest BCUT2D eigenvalue weighted by atomic mass is 15.1. The topological polar surface area (TPSA) is 6.48 Å². The summed E-state index contributed by atoms with van der Waals surface area (Å²) in [7, 11) is 0. The second-order valence-electron chi connectivity index (χ2n) is 18.7. The molecule has 12 aromatic carbocycles. The van der Waals surface area contributed by atoms with E-state index in [1.165, 1.54) is 86.9 Å². The summed E-state index contributed by atoms with van der Waals surface area (Å²) in [4.78, 5) is 4.81. The van der Waals surface area contributed by atoms with Crippen LogP contribution in [0.2, 0.25) is 0 Å². The van der Waals surface area contributed by atoms with Gasteiger partial charge in [0.15, 0.2) is 0 Å². The molecule has 0 fully saturated rings. The zero-order chi connectivity index (χ0) is 47.0. The fourth-order valence-electron chi connectivity index (χ4n) is 10.7. The molecule has 0 radical (unpaired) electrons. The minimum atomic E-state index is 1.01. The summed E-state index contributed by atoms with van der Waals surface area (Å²) < 4.78 is 0. The molecule has 0 N–H and O–H groups in total. The molecule has 2 heteroatoms. The molecule has 0 aliphatic heterocycles. The first-order valence-electron chi connectivity index (χ1n) is 24.9. The summed E-state index contributed by atoms with van der Waals surface area (Å²) in [6.07, 6.45) is 4.17. The molecule has 336 valence electrons. The van der Waals surface area contributed by atoms with Crippen LogP contribution in [0.3, 0.4) is 0 Å². The Labute approximate surface area is 411 Å². The first-order chi connectivity index (χ1) is 34.6. The fraction of sp³-hybridized carbons (Fsp3) is 0.0882. The summed E-state index contributed by atoms with van der Waals surface area (Å²) in [5.74, 6) is 0. The summed E-state index contributed by atoms with van der Waals surface area (Å²) >= 11 is 0. The normalized spacial score (nSPS) is 12.0. The van der Waals surface area contributed by atoms with Gasteiger partial charge in [0, 0.05) is 34.1 Å². The number of anilines is 6. The largest absolute Gasteiger partial charge is 0.310 e. The molecule has 12 rings (SSSR count). The van der Waals surface area contributed by atoms with E-state index >= 15 is 0 Å². The van der Waals surface area contributed by atoms with Gasteiger partial charge in [0.1, 0.15) is 0 Å². The molecule has 0 bridgehead atoms. The monoisotopic (exact) mass is 898 g/mol. The Bertz CT molecular complexity index is 3540. The van der Waals surface area contributed by atoms with E-state index in [1.54, 1.807) is 0 Å². The van der Waals surface area contributed by atoms with Crippen molar-refractivity contribution >= 4 is 110 Å². The standard InChI is InChI=1S/C68H54N2/c1-3-13-67(59-25-23-57-45-65(37-31-55(57)39-59)69(61-33-27-47-15-5-9-19-51(47)41-61)62-34-28-48-16-6-10-20-52(48)42-62)68(14-4-2)60-26-24-58-46-66(38-32-56(58)40-60)70(63-35-29-49-17-7-11-21-53(49)43-63)64-36-30-50-18-8-12-22-54(50)44-64/h5-12,15-46H,3-4,13-14H2,1-2H3. The van der Waals surface area contributed by atoms with Crippen LogP contribution >= 0.6 is 0 Å². The first-order valence-corrected chi connectivity index (χ1v) is 24.9. The molecule has 0 atom stereocenters. The van der Waals surface area contributed by atoms with E-state index in [0.717, 1.165) is 59.8 Å². The Balaban J connectivity index is 0.917. The second-order valence-corrected chi connectivity index (χ2v) is 18.7. The number of nitrogens with zero attached hydrogens (tertiary/aromatic N) is 2. The average molecular weight is 899 g/mol. The van der Waals surface area contributed by atoms with Crippen molar-refractivity contribution < 1.29 is 0 Å². The average Bonchev–Trinajstić information content (AvgIpc) is 3.41. The van der Waals surface area contributed by atoms with E-state index in [0.29, 0.717) is 0 Å². The van der Waals surface area contributed by atoms with E-state index < -0.39 is 0 Å². The van der Waals surface area contributed by atoms with Gasteiger partial charge in [-0.1, -0.05) is 184 Å². The molecule has 0 amide bonds. The molecule has 70 heavy (non-hydrogen) atoms. The van der Waals surface area contributed by atoms with Crippen LogP contribution in [0.1, 0.15) is 50.7 Å². The van der Waals surface area contributed by atoms with Gasteiger partial charge in [-0.3, -0.25) is 0 Å². The highest BCUT2D eigenvalue weighted by Crippen LogP contribution is 2.43. The molecule has 0 unspecified atom stereocenters. The zero-order valence-electron chi connectivity index (χ0n) is 39.8. The molecule has 0 saturated carbocycles. The van der Waals surface area contributed by atoms with Crippen LogP contribution in [-0.2, 0) is 0 Å². The van der Waals surface area contributed by atoms with E-state index in [1.807, 2.05) is 0 Å². The predicted octanol–water partition coefficient (Wildman–Crippen LogP) is 20.1. The summed E-state index contributed by atoms with van der Waals surface area (Å²) in [5.41, 5.74) is 12.3. The molecule has 0 aliphatic carbocycles. The fourth-order valence-corrected chi connectivity index (χ4v) is 10.7. The maximum Gasteiger partial charge on any atom is 0.0468 e. The molecule has 2 nitrogen and oxygen atoms in total. The van der Waals surface area contributed by atoms with Gasteiger partial charge in [0.25, 0.3) is 0 Å². The quantitative estimate of drug-likeness (QED) is 0.113. The molecule has 0 spiro atoms. The highest BCUT2D eigenvalue weighted by Gasteiger charge is 2.18. The molecule has 0 aliphatic rings. The zero-order valence-corrected chi connectivity index (χ0v) is 39.8. The summed E-state index contributed by atoms with van der Waals surface area (Å²) in [5, 5.41) is 14.8. The van der Waals surface area contributed by atoms with E-state index in [4.69, 9.17) is 0 Å². The molecular weight excluding hydrogens is 845 g/mol. The molecule has 0 aromatic heterocycles. The Hall–Kier alpha value is -8.46. The van der Waals surface area contributed by atoms with E-state index in [9.17, 15) is 0 Å².